The average Bonchev–Trinajstić information content (AvgIpc) is 2.37. The van der Waals surface area contributed by atoms with E-state index in [1.807, 2.05) is 0 Å². The first-order valence-corrected chi connectivity index (χ1v) is 5.45. The van der Waals surface area contributed by atoms with Crippen LogP contribution in [0.4, 0.5) is 8.78 Å². The Hall–Kier alpha value is -2.23. The normalized spacial score (nSPS) is 10.1. The molecule has 0 saturated carbocycles. The summed E-state index contributed by atoms with van der Waals surface area (Å²) in [6, 6.07) is 2.71. The molecule has 0 N–H and O–H groups in total. The van der Waals surface area contributed by atoms with Gasteiger partial charge in [0.2, 0.25) is 0 Å². The highest BCUT2D eigenvalue weighted by Crippen LogP contribution is 2.31. The number of halogens is 2. The number of hydrogen-bond donors (Lipinski definition) is 0. The van der Waals surface area contributed by atoms with Gasteiger partial charge in [-0.15, -0.1) is 0 Å². The van der Waals surface area contributed by atoms with E-state index in [1.54, 1.807) is 13.0 Å². The summed E-state index contributed by atoms with van der Waals surface area (Å²) in [6.45, 7) is 1.81. The van der Waals surface area contributed by atoms with Gasteiger partial charge in [0.1, 0.15) is 6.07 Å². The van der Waals surface area contributed by atoms with Crippen molar-refractivity contribution in [3.8, 4) is 11.8 Å². The molecule has 0 atom stereocenters. The first-order valence-electron chi connectivity index (χ1n) is 5.45. The van der Waals surface area contributed by atoms with E-state index in [0.29, 0.717) is 0 Å². The number of methoxy groups -OCH3 is 1. The summed E-state index contributed by atoms with van der Waals surface area (Å²) in [5.41, 5.74) is -0.695. The zero-order valence-electron chi connectivity index (χ0n) is 10.4. The maximum atomic E-state index is 12.9. The number of rotatable bonds is 5. The van der Waals surface area contributed by atoms with Crippen LogP contribution in [0.1, 0.15) is 30.3 Å². The van der Waals surface area contributed by atoms with Crippen LogP contribution in [0.2, 0.25) is 0 Å². The molecule has 0 aliphatic rings. The molecule has 0 unspecified atom stereocenters. The Balaban J connectivity index is 3.18. The molecule has 0 aliphatic carbocycles. The molecule has 0 aliphatic heterocycles. The van der Waals surface area contributed by atoms with Crippen molar-refractivity contribution in [2.24, 2.45) is 0 Å². The van der Waals surface area contributed by atoms with Crippen LogP contribution in [0.5, 0.6) is 5.75 Å². The van der Waals surface area contributed by atoms with Gasteiger partial charge in [-0.2, -0.15) is 5.26 Å². The molecule has 1 heterocycles. The Morgan fingerprint density at radius 3 is 2.74 bits per heavy atom. The second kappa shape index (κ2) is 6.64. The van der Waals surface area contributed by atoms with Crippen LogP contribution >= 0.6 is 0 Å². The van der Waals surface area contributed by atoms with Crippen molar-refractivity contribution in [3.63, 3.8) is 0 Å². The molecule has 19 heavy (non-hydrogen) atoms. The molecule has 0 aromatic carbocycles. The van der Waals surface area contributed by atoms with Gasteiger partial charge >= 0.3 is 5.97 Å². The highest BCUT2D eigenvalue weighted by Gasteiger charge is 2.21. The van der Waals surface area contributed by atoms with Crippen molar-refractivity contribution in [2.45, 2.75) is 19.8 Å². The number of alkyl halides is 2. The van der Waals surface area contributed by atoms with Gasteiger partial charge < -0.3 is 9.47 Å². The molecule has 102 valence electrons. The van der Waals surface area contributed by atoms with Gasteiger partial charge in [-0.05, 0) is 13.0 Å². The van der Waals surface area contributed by atoms with Crippen LogP contribution in [0.25, 0.3) is 0 Å². The summed E-state index contributed by atoms with van der Waals surface area (Å²) in [6.07, 6.45) is -3.10. The molecule has 7 heteroatoms. The lowest BCUT2D eigenvalue weighted by molar-refractivity contribution is -0.142. The van der Waals surface area contributed by atoms with E-state index in [4.69, 9.17) is 14.7 Å². The molecule has 1 rings (SSSR count). The van der Waals surface area contributed by atoms with Crippen LogP contribution in [0, 0.1) is 11.3 Å². The van der Waals surface area contributed by atoms with Crippen molar-refractivity contribution in [1.82, 2.24) is 4.98 Å². The lowest BCUT2D eigenvalue weighted by Crippen LogP contribution is -2.10. The van der Waals surface area contributed by atoms with Gasteiger partial charge in [0, 0.05) is 0 Å². The average molecular weight is 270 g/mol. The van der Waals surface area contributed by atoms with Crippen molar-refractivity contribution >= 4 is 5.97 Å². The summed E-state index contributed by atoms with van der Waals surface area (Å²) in [7, 11) is 1.18. The zero-order valence-corrected chi connectivity index (χ0v) is 10.4. The summed E-state index contributed by atoms with van der Waals surface area (Å²) >= 11 is 0. The van der Waals surface area contributed by atoms with E-state index < -0.39 is 18.0 Å². The van der Waals surface area contributed by atoms with Gasteiger partial charge in [-0.25, -0.2) is 13.8 Å². The Labute approximate surface area is 108 Å². The molecule has 1 aromatic rings. The SMILES string of the molecule is CCOC(=O)Cc1cc(C(F)F)c(OC)c(C#N)n1. The summed E-state index contributed by atoms with van der Waals surface area (Å²) < 4.78 is 35.2. The molecular formula is C12H12F2N2O3. The molecule has 0 spiro atoms. The number of carbonyl (C=O) groups is 1. The topological polar surface area (TPSA) is 72.2 Å². The van der Waals surface area contributed by atoms with E-state index in [2.05, 4.69) is 4.98 Å². The first kappa shape index (κ1) is 14.8. The van der Waals surface area contributed by atoms with Crippen LogP contribution in [-0.2, 0) is 16.0 Å². The van der Waals surface area contributed by atoms with E-state index >= 15 is 0 Å². The minimum atomic E-state index is -2.83. The quantitative estimate of drug-likeness (QED) is 0.765. The second-order valence-electron chi connectivity index (χ2n) is 3.48. The molecule has 0 bridgehead atoms. The summed E-state index contributed by atoms with van der Waals surface area (Å²) in [5, 5.41) is 8.86. The van der Waals surface area contributed by atoms with Gasteiger partial charge in [0.25, 0.3) is 6.43 Å². The second-order valence-corrected chi connectivity index (χ2v) is 3.48. The molecule has 0 amide bonds. The number of aromatic nitrogens is 1. The third-order valence-electron chi connectivity index (χ3n) is 2.23. The fourth-order valence-corrected chi connectivity index (χ4v) is 1.51. The minimum Gasteiger partial charge on any atom is -0.493 e. The van der Waals surface area contributed by atoms with Crippen LogP contribution in [0.15, 0.2) is 6.07 Å². The third-order valence-corrected chi connectivity index (χ3v) is 2.23. The number of carbonyl (C=O) groups excluding carboxylic acids is 1. The standard InChI is InChI=1S/C12H12F2N2O3/c1-3-19-10(17)5-7-4-8(12(13)14)11(18-2)9(6-15)16-7/h4,12H,3,5H2,1-2H3. The molecule has 0 radical (unpaired) electrons. The number of nitriles is 1. The van der Waals surface area contributed by atoms with Crippen molar-refractivity contribution < 1.29 is 23.0 Å². The number of ether oxygens (including phenoxy) is 2. The smallest absolute Gasteiger partial charge is 0.311 e. The Bertz CT molecular complexity index is 512. The molecule has 5 nitrogen and oxygen atoms in total. The van der Waals surface area contributed by atoms with Gasteiger partial charge in [-0.1, -0.05) is 0 Å². The van der Waals surface area contributed by atoms with E-state index in [-0.39, 0.29) is 30.2 Å². The zero-order chi connectivity index (χ0) is 14.4. The van der Waals surface area contributed by atoms with Gasteiger partial charge in [-0.3, -0.25) is 4.79 Å². The largest absolute Gasteiger partial charge is 0.493 e. The fraction of sp³-hybridized carbons (Fsp3) is 0.417. The Kier molecular flexibility index (Phi) is 5.18. The first-order chi connectivity index (χ1) is 9.03. The molecular weight excluding hydrogens is 258 g/mol. The van der Waals surface area contributed by atoms with Crippen molar-refractivity contribution in [2.75, 3.05) is 13.7 Å². The predicted octanol–water partition coefficient (Wildman–Crippen LogP) is 2.01. The van der Waals surface area contributed by atoms with Crippen LogP contribution < -0.4 is 4.74 Å². The number of esters is 1. The maximum Gasteiger partial charge on any atom is 0.311 e. The van der Waals surface area contributed by atoms with E-state index in [1.165, 1.54) is 7.11 Å². The fourth-order valence-electron chi connectivity index (χ4n) is 1.51. The highest BCUT2D eigenvalue weighted by atomic mass is 19.3. The van der Waals surface area contributed by atoms with E-state index in [0.717, 1.165) is 6.07 Å². The highest BCUT2D eigenvalue weighted by molar-refractivity contribution is 5.72. The summed E-state index contributed by atoms with van der Waals surface area (Å²) in [5.74, 6) is -0.866. The lowest BCUT2D eigenvalue weighted by atomic mass is 10.1. The van der Waals surface area contributed by atoms with Crippen LogP contribution in [-0.4, -0.2) is 24.7 Å². The molecule has 0 fully saturated rings. The Morgan fingerprint density at radius 2 is 2.26 bits per heavy atom. The molecule has 1 aromatic heterocycles. The van der Waals surface area contributed by atoms with Crippen molar-refractivity contribution in [3.05, 3.63) is 23.0 Å². The lowest BCUT2D eigenvalue weighted by Gasteiger charge is -2.11. The van der Waals surface area contributed by atoms with Crippen molar-refractivity contribution in [1.29, 1.82) is 5.26 Å². The van der Waals surface area contributed by atoms with Gasteiger partial charge in [0.15, 0.2) is 11.4 Å². The molecule has 0 saturated heterocycles. The van der Waals surface area contributed by atoms with Gasteiger partial charge in [0.05, 0.1) is 31.4 Å². The Morgan fingerprint density at radius 1 is 1.58 bits per heavy atom. The predicted molar refractivity (Wildman–Crippen MR) is 60.8 cm³/mol. The minimum absolute atomic E-state index is 0.0473. The number of hydrogen-bond acceptors (Lipinski definition) is 5. The number of nitrogens with zero attached hydrogens (tertiary/aromatic N) is 2. The van der Waals surface area contributed by atoms with E-state index in [9.17, 15) is 13.6 Å². The number of pyridine rings is 1. The summed E-state index contributed by atoms with van der Waals surface area (Å²) in [4.78, 5) is 15.1. The van der Waals surface area contributed by atoms with Crippen LogP contribution in [0.3, 0.4) is 0 Å². The monoisotopic (exact) mass is 270 g/mol. The third kappa shape index (κ3) is 3.61. The maximum absolute atomic E-state index is 12.9.